The van der Waals surface area contributed by atoms with Gasteiger partial charge in [-0.15, -0.1) is 10.2 Å². The number of nitrogens with zero attached hydrogens (tertiary/aromatic N) is 3. The maximum atomic E-state index is 5.46. The van der Waals surface area contributed by atoms with E-state index in [0.29, 0.717) is 13.1 Å². The van der Waals surface area contributed by atoms with Crippen molar-refractivity contribution in [3.8, 4) is 0 Å². The van der Waals surface area contributed by atoms with Gasteiger partial charge in [-0.2, -0.15) is 0 Å². The van der Waals surface area contributed by atoms with Gasteiger partial charge in [-0.1, -0.05) is 0 Å². The Balaban J connectivity index is 2.12. The molecular weight excluding hydrogens is 180 g/mol. The lowest BCUT2D eigenvalue weighted by molar-refractivity contribution is 0.488. The monoisotopic (exact) mass is 192 g/mol. The summed E-state index contributed by atoms with van der Waals surface area (Å²) in [6.07, 6.45) is 4.08. The van der Waals surface area contributed by atoms with Crippen molar-refractivity contribution in [1.29, 1.82) is 0 Å². The molecule has 0 aromatic carbocycles. The minimum atomic E-state index is 0.580. The fourth-order valence-electron chi connectivity index (χ4n) is 1.30. The zero-order chi connectivity index (χ0) is 9.80. The summed E-state index contributed by atoms with van der Waals surface area (Å²) < 4.78 is 7.17. The summed E-state index contributed by atoms with van der Waals surface area (Å²) in [4.78, 5) is 0. The number of aromatic nitrogens is 3. The van der Waals surface area contributed by atoms with E-state index in [1.807, 2.05) is 16.7 Å². The molecule has 0 bridgehead atoms. The Morgan fingerprint density at radius 3 is 3.14 bits per heavy atom. The van der Waals surface area contributed by atoms with Crippen LogP contribution in [0, 0.1) is 0 Å². The first-order valence-electron chi connectivity index (χ1n) is 4.49. The van der Waals surface area contributed by atoms with Gasteiger partial charge >= 0.3 is 0 Å². The molecule has 0 saturated heterocycles. The van der Waals surface area contributed by atoms with E-state index in [1.54, 1.807) is 12.6 Å². The van der Waals surface area contributed by atoms with Crippen molar-refractivity contribution in [3.05, 3.63) is 36.3 Å². The molecule has 74 valence electrons. The number of furan rings is 1. The number of nitrogens with two attached hydrogens (primary N) is 1. The van der Waals surface area contributed by atoms with Crippen LogP contribution in [0.15, 0.2) is 29.1 Å². The molecule has 0 saturated carbocycles. The molecule has 2 aromatic heterocycles. The van der Waals surface area contributed by atoms with Crippen molar-refractivity contribution in [1.82, 2.24) is 14.8 Å². The molecule has 5 heteroatoms. The van der Waals surface area contributed by atoms with Crippen molar-refractivity contribution >= 4 is 0 Å². The molecule has 0 atom stereocenters. The van der Waals surface area contributed by atoms with E-state index in [1.165, 1.54) is 0 Å². The summed E-state index contributed by atoms with van der Waals surface area (Å²) in [6.45, 7) is 1.24. The minimum Gasteiger partial charge on any atom is -0.467 e. The Labute approximate surface area is 81.5 Å². The van der Waals surface area contributed by atoms with Gasteiger partial charge in [-0.25, -0.2) is 0 Å². The first kappa shape index (κ1) is 8.96. The largest absolute Gasteiger partial charge is 0.467 e. The van der Waals surface area contributed by atoms with Gasteiger partial charge in [-0.05, 0) is 18.7 Å². The summed E-state index contributed by atoms with van der Waals surface area (Å²) in [6, 6.07) is 3.79. The summed E-state index contributed by atoms with van der Waals surface area (Å²) in [5.74, 6) is 1.78. The molecule has 0 unspecified atom stereocenters. The van der Waals surface area contributed by atoms with Gasteiger partial charge in [0, 0.05) is 6.42 Å². The van der Waals surface area contributed by atoms with Gasteiger partial charge in [0.05, 0.1) is 12.8 Å². The van der Waals surface area contributed by atoms with Gasteiger partial charge < -0.3 is 14.7 Å². The van der Waals surface area contributed by atoms with Crippen LogP contribution >= 0.6 is 0 Å². The minimum absolute atomic E-state index is 0.580. The molecule has 0 aliphatic heterocycles. The van der Waals surface area contributed by atoms with Gasteiger partial charge in [0.1, 0.15) is 17.9 Å². The van der Waals surface area contributed by atoms with Gasteiger partial charge in [0.2, 0.25) is 0 Å². The van der Waals surface area contributed by atoms with Crippen LogP contribution in [-0.2, 0) is 13.0 Å². The average molecular weight is 192 g/mol. The first-order chi connectivity index (χ1) is 6.90. The molecule has 0 radical (unpaired) electrons. The van der Waals surface area contributed by atoms with Crippen LogP contribution in [-0.4, -0.2) is 21.3 Å². The molecule has 2 aromatic rings. The summed E-state index contributed by atoms with van der Waals surface area (Å²) in [7, 11) is 0. The van der Waals surface area contributed by atoms with E-state index in [2.05, 4.69) is 10.2 Å². The molecule has 0 aliphatic carbocycles. The molecule has 5 nitrogen and oxygen atoms in total. The normalized spacial score (nSPS) is 10.6. The predicted molar refractivity (Wildman–Crippen MR) is 50.6 cm³/mol. The zero-order valence-corrected chi connectivity index (χ0v) is 7.76. The van der Waals surface area contributed by atoms with E-state index < -0.39 is 0 Å². The van der Waals surface area contributed by atoms with Gasteiger partial charge in [-0.3, -0.25) is 0 Å². The van der Waals surface area contributed by atoms with E-state index in [-0.39, 0.29) is 0 Å². The highest BCUT2D eigenvalue weighted by molar-refractivity contribution is 5.00. The number of hydrogen-bond donors (Lipinski definition) is 1. The zero-order valence-electron chi connectivity index (χ0n) is 7.76. The quantitative estimate of drug-likeness (QED) is 0.762. The smallest absolute Gasteiger partial charge is 0.134 e. The Bertz CT molecular complexity index is 379. The van der Waals surface area contributed by atoms with Crippen molar-refractivity contribution in [2.45, 2.75) is 13.0 Å². The lowest BCUT2D eigenvalue weighted by Crippen LogP contribution is -2.10. The lowest BCUT2D eigenvalue weighted by atomic mass is 10.4. The Morgan fingerprint density at radius 2 is 2.43 bits per heavy atom. The van der Waals surface area contributed by atoms with Gasteiger partial charge in [0.25, 0.3) is 0 Å². The SMILES string of the molecule is NCCc1nncn1Cc1ccco1. The van der Waals surface area contributed by atoms with Crippen LogP contribution in [0.3, 0.4) is 0 Å². The molecular formula is C9H12N4O. The van der Waals surface area contributed by atoms with Crippen molar-refractivity contribution in [3.63, 3.8) is 0 Å². The van der Waals surface area contributed by atoms with Crippen molar-refractivity contribution in [2.75, 3.05) is 6.54 Å². The third kappa shape index (κ3) is 1.82. The Hall–Kier alpha value is -1.62. The van der Waals surface area contributed by atoms with E-state index >= 15 is 0 Å². The van der Waals surface area contributed by atoms with Crippen LogP contribution in [0.4, 0.5) is 0 Å². The first-order valence-corrected chi connectivity index (χ1v) is 4.49. The summed E-state index contributed by atoms with van der Waals surface area (Å²) in [5.41, 5.74) is 5.46. The molecule has 0 spiro atoms. The second-order valence-electron chi connectivity index (χ2n) is 2.99. The fourth-order valence-corrected chi connectivity index (χ4v) is 1.30. The Morgan fingerprint density at radius 1 is 1.50 bits per heavy atom. The molecule has 0 fully saturated rings. The Kier molecular flexibility index (Phi) is 2.60. The number of rotatable bonds is 4. The maximum Gasteiger partial charge on any atom is 0.134 e. The predicted octanol–water partition coefficient (Wildman–Crippen LogP) is 0.421. The fraction of sp³-hybridized carbons (Fsp3) is 0.333. The van der Waals surface area contributed by atoms with E-state index in [0.717, 1.165) is 18.0 Å². The van der Waals surface area contributed by atoms with Crippen molar-refractivity contribution < 1.29 is 4.42 Å². The number of hydrogen-bond acceptors (Lipinski definition) is 4. The molecule has 0 amide bonds. The van der Waals surface area contributed by atoms with E-state index in [4.69, 9.17) is 10.2 Å². The highest BCUT2D eigenvalue weighted by Crippen LogP contribution is 2.05. The second-order valence-corrected chi connectivity index (χ2v) is 2.99. The van der Waals surface area contributed by atoms with Crippen molar-refractivity contribution in [2.24, 2.45) is 5.73 Å². The van der Waals surface area contributed by atoms with Crippen LogP contribution in [0.5, 0.6) is 0 Å². The topological polar surface area (TPSA) is 69.9 Å². The van der Waals surface area contributed by atoms with Crippen LogP contribution in [0.2, 0.25) is 0 Å². The van der Waals surface area contributed by atoms with Crippen LogP contribution in [0.1, 0.15) is 11.6 Å². The van der Waals surface area contributed by atoms with Crippen LogP contribution < -0.4 is 5.73 Å². The summed E-state index contributed by atoms with van der Waals surface area (Å²) in [5, 5.41) is 7.81. The average Bonchev–Trinajstić information content (AvgIpc) is 2.80. The summed E-state index contributed by atoms with van der Waals surface area (Å²) >= 11 is 0. The highest BCUT2D eigenvalue weighted by Gasteiger charge is 2.04. The highest BCUT2D eigenvalue weighted by atomic mass is 16.3. The molecule has 2 N–H and O–H groups in total. The molecule has 2 heterocycles. The molecule has 0 aliphatic rings. The van der Waals surface area contributed by atoms with Crippen LogP contribution in [0.25, 0.3) is 0 Å². The lowest BCUT2D eigenvalue weighted by Gasteiger charge is -2.02. The molecule has 14 heavy (non-hydrogen) atoms. The van der Waals surface area contributed by atoms with Gasteiger partial charge in [0.15, 0.2) is 0 Å². The maximum absolute atomic E-state index is 5.46. The third-order valence-corrected chi connectivity index (χ3v) is 1.97. The van der Waals surface area contributed by atoms with E-state index in [9.17, 15) is 0 Å². The second kappa shape index (κ2) is 4.06. The third-order valence-electron chi connectivity index (χ3n) is 1.97. The standard InChI is InChI=1S/C9H12N4O/c10-4-3-9-12-11-7-13(9)6-8-2-1-5-14-8/h1-2,5,7H,3-4,6,10H2. The molecule has 2 rings (SSSR count).